The Hall–Kier alpha value is -2.22. The van der Waals surface area contributed by atoms with Gasteiger partial charge >= 0.3 is 0 Å². The van der Waals surface area contributed by atoms with Crippen LogP contribution in [0.15, 0.2) is 70.4 Å². The van der Waals surface area contributed by atoms with Crippen molar-refractivity contribution in [3.05, 3.63) is 76.7 Å². The van der Waals surface area contributed by atoms with Crippen LogP contribution in [0.3, 0.4) is 0 Å². The standard InChI is InChI=1S/C20H22N2O3S2/c1-2-12-25-19-6-8-20(9-7-19)27(23,24)22(14-17-10-13-26-16-17)15-18-5-3-4-11-21-18/h3-11,13,16H,2,12,14-15H2,1H3. The van der Waals surface area contributed by atoms with Gasteiger partial charge in [0.2, 0.25) is 10.0 Å². The molecule has 0 aliphatic heterocycles. The maximum atomic E-state index is 13.2. The van der Waals surface area contributed by atoms with Crippen LogP contribution in [0.5, 0.6) is 5.75 Å². The van der Waals surface area contributed by atoms with Crippen molar-refractivity contribution in [1.29, 1.82) is 0 Å². The first kappa shape index (κ1) is 19.5. The molecule has 2 aromatic heterocycles. The van der Waals surface area contributed by atoms with Crippen molar-refractivity contribution in [3.8, 4) is 5.75 Å². The van der Waals surface area contributed by atoms with Gasteiger partial charge in [-0.05, 0) is 65.2 Å². The van der Waals surface area contributed by atoms with Gasteiger partial charge in [0.15, 0.2) is 0 Å². The third-order valence-electron chi connectivity index (χ3n) is 3.94. The fourth-order valence-electron chi connectivity index (χ4n) is 2.56. The third kappa shape index (κ3) is 5.15. The van der Waals surface area contributed by atoms with E-state index >= 15 is 0 Å². The van der Waals surface area contributed by atoms with Crippen molar-refractivity contribution >= 4 is 21.4 Å². The van der Waals surface area contributed by atoms with Crippen LogP contribution in [0.25, 0.3) is 0 Å². The number of pyridine rings is 1. The molecule has 7 heteroatoms. The molecule has 0 amide bonds. The zero-order valence-electron chi connectivity index (χ0n) is 15.1. The van der Waals surface area contributed by atoms with E-state index in [1.54, 1.807) is 41.8 Å². The number of ether oxygens (including phenoxy) is 1. The molecule has 27 heavy (non-hydrogen) atoms. The first-order valence-electron chi connectivity index (χ1n) is 8.73. The number of sulfonamides is 1. The fraction of sp³-hybridized carbons (Fsp3) is 0.250. The lowest BCUT2D eigenvalue weighted by atomic mass is 10.3. The SMILES string of the molecule is CCCOc1ccc(S(=O)(=O)N(Cc2ccsc2)Cc2ccccn2)cc1. The topological polar surface area (TPSA) is 59.5 Å². The second-order valence-electron chi connectivity index (χ2n) is 6.05. The molecule has 5 nitrogen and oxygen atoms in total. The van der Waals surface area contributed by atoms with Gasteiger partial charge in [-0.3, -0.25) is 4.98 Å². The summed E-state index contributed by atoms with van der Waals surface area (Å²) in [6.07, 6.45) is 2.57. The van der Waals surface area contributed by atoms with Crippen molar-refractivity contribution in [2.75, 3.05) is 6.61 Å². The normalized spacial score (nSPS) is 11.6. The lowest BCUT2D eigenvalue weighted by Crippen LogP contribution is -2.30. The minimum Gasteiger partial charge on any atom is -0.494 e. The number of aromatic nitrogens is 1. The fourth-order valence-corrected chi connectivity index (χ4v) is 4.62. The first-order chi connectivity index (χ1) is 13.1. The average Bonchev–Trinajstić information content (AvgIpc) is 3.20. The zero-order chi connectivity index (χ0) is 19.1. The lowest BCUT2D eigenvalue weighted by molar-refractivity contribution is 0.317. The second kappa shape index (κ2) is 9.12. The Morgan fingerprint density at radius 1 is 1.07 bits per heavy atom. The highest BCUT2D eigenvalue weighted by Crippen LogP contribution is 2.23. The number of hydrogen-bond donors (Lipinski definition) is 0. The van der Waals surface area contributed by atoms with Crippen molar-refractivity contribution in [3.63, 3.8) is 0 Å². The van der Waals surface area contributed by atoms with Gasteiger partial charge in [-0.25, -0.2) is 8.42 Å². The highest BCUT2D eigenvalue weighted by molar-refractivity contribution is 7.89. The molecule has 0 saturated heterocycles. The lowest BCUT2D eigenvalue weighted by Gasteiger charge is -2.22. The van der Waals surface area contributed by atoms with Gasteiger partial charge < -0.3 is 4.74 Å². The molecule has 0 N–H and O–H groups in total. The van der Waals surface area contributed by atoms with E-state index in [0.29, 0.717) is 24.6 Å². The van der Waals surface area contributed by atoms with E-state index in [1.807, 2.05) is 41.9 Å². The molecule has 0 unspecified atom stereocenters. The number of rotatable bonds is 9. The van der Waals surface area contributed by atoms with Crippen LogP contribution in [-0.2, 0) is 23.1 Å². The van der Waals surface area contributed by atoms with Crippen LogP contribution < -0.4 is 4.74 Å². The van der Waals surface area contributed by atoms with Crippen LogP contribution in [-0.4, -0.2) is 24.3 Å². The summed E-state index contributed by atoms with van der Waals surface area (Å²) in [5, 5.41) is 3.91. The molecular weight excluding hydrogens is 380 g/mol. The summed E-state index contributed by atoms with van der Waals surface area (Å²) in [5.74, 6) is 0.671. The summed E-state index contributed by atoms with van der Waals surface area (Å²) in [4.78, 5) is 4.53. The maximum absolute atomic E-state index is 13.2. The zero-order valence-corrected chi connectivity index (χ0v) is 16.7. The number of nitrogens with zero attached hydrogens (tertiary/aromatic N) is 2. The van der Waals surface area contributed by atoms with Crippen LogP contribution in [0.2, 0.25) is 0 Å². The van der Waals surface area contributed by atoms with Gasteiger partial charge in [-0.15, -0.1) is 0 Å². The molecule has 0 spiro atoms. The van der Waals surface area contributed by atoms with Crippen molar-refractivity contribution in [2.24, 2.45) is 0 Å². The molecule has 0 fully saturated rings. The van der Waals surface area contributed by atoms with Crippen LogP contribution in [0, 0.1) is 0 Å². The predicted molar refractivity (Wildman–Crippen MR) is 107 cm³/mol. The quantitative estimate of drug-likeness (QED) is 0.535. The molecule has 0 bridgehead atoms. The molecule has 0 atom stereocenters. The average molecular weight is 403 g/mol. The van der Waals surface area contributed by atoms with Gasteiger partial charge in [0, 0.05) is 12.7 Å². The summed E-state index contributed by atoms with van der Waals surface area (Å²) in [6, 6.07) is 14.0. The summed E-state index contributed by atoms with van der Waals surface area (Å²) in [6.45, 7) is 3.15. The molecule has 0 radical (unpaired) electrons. The third-order valence-corrected chi connectivity index (χ3v) is 6.48. The van der Waals surface area contributed by atoms with Crippen molar-refractivity contribution < 1.29 is 13.2 Å². The summed E-state index contributed by atoms with van der Waals surface area (Å²) in [5.41, 5.74) is 1.67. The molecule has 142 valence electrons. The van der Waals surface area contributed by atoms with Crippen molar-refractivity contribution in [2.45, 2.75) is 31.3 Å². The molecule has 0 aliphatic rings. The van der Waals surface area contributed by atoms with Gasteiger partial charge in [0.05, 0.1) is 23.7 Å². The van der Waals surface area contributed by atoms with Crippen LogP contribution >= 0.6 is 11.3 Å². The van der Waals surface area contributed by atoms with Gasteiger partial charge in [-0.2, -0.15) is 15.6 Å². The molecule has 2 heterocycles. The van der Waals surface area contributed by atoms with Gasteiger partial charge in [0.25, 0.3) is 0 Å². The van der Waals surface area contributed by atoms with Crippen LogP contribution in [0.1, 0.15) is 24.6 Å². The Morgan fingerprint density at radius 3 is 2.52 bits per heavy atom. The van der Waals surface area contributed by atoms with E-state index in [9.17, 15) is 8.42 Å². The highest BCUT2D eigenvalue weighted by Gasteiger charge is 2.25. The van der Waals surface area contributed by atoms with E-state index < -0.39 is 10.0 Å². The van der Waals surface area contributed by atoms with Crippen LogP contribution in [0.4, 0.5) is 0 Å². The predicted octanol–water partition coefficient (Wildman–Crippen LogP) is 4.32. The Kier molecular flexibility index (Phi) is 6.60. The summed E-state index contributed by atoms with van der Waals surface area (Å²) < 4.78 is 33.5. The molecule has 0 aliphatic carbocycles. The van der Waals surface area contributed by atoms with E-state index in [2.05, 4.69) is 4.98 Å². The molecule has 3 rings (SSSR count). The summed E-state index contributed by atoms with van der Waals surface area (Å²) in [7, 11) is -3.67. The highest BCUT2D eigenvalue weighted by atomic mass is 32.2. The Bertz CT molecular complexity index is 925. The van der Waals surface area contributed by atoms with E-state index in [0.717, 1.165) is 12.0 Å². The van der Waals surface area contributed by atoms with Crippen molar-refractivity contribution in [1.82, 2.24) is 9.29 Å². The van der Waals surface area contributed by atoms with Gasteiger partial charge in [0.1, 0.15) is 5.75 Å². The molecule has 3 aromatic rings. The molecule has 0 saturated carbocycles. The molecule has 1 aromatic carbocycles. The Morgan fingerprint density at radius 2 is 1.89 bits per heavy atom. The minimum absolute atomic E-state index is 0.215. The number of benzene rings is 1. The number of hydrogen-bond acceptors (Lipinski definition) is 5. The van der Waals surface area contributed by atoms with E-state index in [-0.39, 0.29) is 11.4 Å². The molecular formula is C20H22N2O3S2. The Labute approximate surface area is 164 Å². The first-order valence-corrected chi connectivity index (χ1v) is 11.1. The van der Waals surface area contributed by atoms with Gasteiger partial charge in [-0.1, -0.05) is 13.0 Å². The second-order valence-corrected chi connectivity index (χ2v) is 8.76. The summed E-state index contributed by atoms with van der Waals surface area (Å²) >= 11 is 1.55. The monoisotopic (exact) mass is 402 g/mol. The maximum Gasteiger partial charge on any atom is 0.243 e. The smallest absolute Gasteiger partial charge is 0.243 e. The van der Waals surface area contributed by atoms with E-state index in [4.69, 9.17) is 4.74 Å². The minimum atomic E-state index is -3.67. The largest absolute Gasteiger partial charge is 0.494 e. The van der Waals surface area contributed by atoms with E-state index in [1.165, 1.54) is 4.31 Å². The Balaban J connectivity index is 1.86. The number of thiophene rings is 1.